The molecule has 0 aliphatic carbocycles. The van der Waals surface area contributed by atoms with E-state index >= 15 is 0 Å². The highest BCUT2D eigenvalue weighted by molar-refractivity contribution is 5.94. The van der Waals surface area contributed by atoms with Crippen molar-refractivity contribution in [3.05, 3.63) is 29.7 Å². The summed E-state index contributed by atoms with van der Waals surface area (Å²) in [6, 6.07) is 6.26. The van der Waals surface area contributed by atoms with E-state index in [-0.39, 0.29) is 5.92 Å². The second-order valence-electron chi connectivity index (χ2n) is 10.5. The van der Waals surface area contributed by atoms with Gasteiger partial charge in [-0.25, -0.2) is 4.98 Å². The predicted octanol–water partition coefficient (Wildman–Crippen LogP) is 2.89. The number of benzene rings is 1. The molecule has 0 radical (unpaired) electrons. The summed E-state index contributed by atoms with van der Waals surface area (Å²) in [7, 11) is 4.22. The maximum absolute atomic E-state index is 11.5. The van der Waals surface area contributed by atoms with Gasteiger partial charge in [0.2, 0.25) is 5.95 Å². The summed E-state index contributed by atoms with van der Waals surface area (Å²) in [5.41, 5.74) is 3.77. The number of hydrogen-bond acceptors (Lipinski definition) is 9. The number of aryl methyl sites for hydroxylation is 2. The number of piperazine rings is 1. The van der Waals surface area contributed by atoms with Gasteiger partial charge in [0.1, 0.15) is 11.6 Å². The van der Waals surface area contributed by atoms with Crippen molar-refractivity contribution in [1.82, 2.24) is 24.9 Å². The second kappa shape index (κ2) is 10.6. The number of hydrogen-bond donors (Lipinski definition) is 1. The van der Waals surface area contributed by atoms with E-state index in [0.717, 1.165) is 84.5 Å². The molecule has 10 nitrogen and oxygen atoms in total. The van der Waals surface area contributed by atoms with Crippen molar-refractivity contribution in [2.75, 3.05) is 76.3 Å². The number of likely N-dealkylation sites (N-methyl/N-ethyl adjacent to an activating group) is 1. The van der Waals surface area contributed by atoms with Gasteiger partial charge in [-0.15, -0.1) is 0 Å². The van der Waals surface area contributed by atoms with Crippen LogP contribution in [0.5, 0.6) is 0 Å². The Morgan fingerprint density at radius 3 is 2.41 bits per heavy atom. The fraction of sp³-hybridized carbons (Fsp3) is 0.556. The average molecular weight is 508 g/mol. The lowest BCUT2D eigenvalue weighted by Crippen LogP contribution is -2.48. The molecule has 2 aliphatic heterocycles. The normalized spacial score (nSPS) is 17.8. The highest BCUT2D eigenvalue weighted by Crippen LogP contribution is 2.35. The molecule has 1 N–H and O–H groups in total. The van der Waals surface area contributed by atoms with Crippen LogP contribution in [0.4, 0.5) is 11.8 Å². The lowest BCUT2D eigenvalue weighted by atomic mass is 9.96. The molecule has 37 heavy (non-hydrogen) atoms. The molecule has 0 bridgehead atoms. The number of anilines is 2. The Hall–Kier alpha value is -3.24. The van der Waals surface area contributed by atoms with Crippen LogP contribution >= 0.6 is 0 Å². The molecule has 5 rings (SSSR count). The molecule has 3 aromatic rings. The van der Waals surface area contributed by atoms with E-state index in [2.05, 4.69) is 57.1 Å². The van der Waals surface area contributed by atoms with Crippen molar-refractivity contribution in [3.63, 3.8) is 0 Å². The van der Waals surface area contributed by atoms with Crippen LogP contribution in [0.3, 0.4) is 0 Å². The maximum Gasteiger partial charge on any atom is 0.306 e. The van der Waals surface area contributed by atoms with Gasteiger partial charge in [0, 0.05) is 63.3 Å². The summed E-state index contributed by atoms with van der Waals surface area (Å²) in [5, 5.41) is 14.6. The molecule has 198 valence electrons. The van der Waals surface area contributed by atoms with Crippen LogP contribution in [0, 0.1) is 19.8 Å². The first kappa shape index (κ1) is 25.4. The van der Waals surface area contributed by atoms with Crippen LogP contribution in [0.25, 0.3) is 22.0 Å². The first-order valence-electron chi connectivity index (χ1n) is 13.1. The number of carboxylic acids is 1. The number of carbonyl (C=O) groups is 1. The van der Waals surface area contributed by atoms with E-state index < -0.39 is 5.97 Å². The average Bonchev–Trinajstić information content (AvgIpc) is 3.24. The minimum atomic E-state index is -0.708. The third-order valence-electron chi connectivity index (χ3n) is 7.65. The Kier molecular flexibility index (Phi) is 7.30. The van der Waals surface area contributed by atoms with E-state index in [9.17, 15) is 9.90 Å². The van der Waals surface area contributed by atoms with E-state index in [1.165, 1.54) is 0 Å². The van der Waals surface area contributed by atoms with Gasteiger partial charge in [-0.2, -0.15) is 4.98 Å². The number of piperidine rings is 1. The number of aromatic nitrogens is 3. The third-order valence-corrected chi connectivity index (χ3v) is 7.65. The molecular formula is C27H37N7O3. The number of aliphatic carboxylic acids is 1. The zero-order valence-corrected chi connectivity index (χ0v) is 22.3. The largest absolute Gasteiger partial charge is 0.481 e. The molecule has 10 heteroatoms. The molecule has 0 atom stereocenters. The smallest absolute Gasteiger partial charge is 0.306 e. The maximum atomic E-state index is 11.5. The van der Waals surface area contributed by atoms with Gasteiger partial charge in [0.05, 0.1) is 17.1 Å². The van der Waals surface area contributed by atoms with E-state index in [0.29, 0.717) is 25.9 Å². The molecule has 2 aromatic heterocycles. The lowest BCUT2D eigenvalue weighted by molar-refractivity contribution is -0.142. The van der Waals surface area contributed by atoms with Gasteiger partial charge in [0.15, 0.2) is 0 Å². The summed E-state index contributed by atoms with van der Waals surface area (Å²) in [5.74, 6) is 1.41. The summed E-state index contributed by atoms with van der Waals surface area (Å²) in [4.78, 5) is 30.9. The van der Waals surface area contributed by atoms with E-state index in [1.54, 1.807) is 0 Å². The predicted molar refractivity (Wildman–Crippen MR) is 144 cm³/mol. The van der Waals surface area contributed by atoms with Crippen LogP contribution in [-0.2, 0) is 4.79 Å². The van der Waals surface area contributed by atoms with Gasteiger partial charge >= 0.3 is 5.97 Å². The first-order valence-corrected chi connectivity index (χ1v) is 13.1. The van der Waals surface area contributed by atoms with Gasteiger partial charge in [-0.05, 0) is 58.5 Å². The first-order chi connectivity index (χ1) is 17.8. The van der Waals surface area contributed by atoms with Crippen LogP contribution in [0.2, 0.25) is 0 Å². The molecule has 2 aliphatic rings. The fourth-order valence-electron chi connectivity index (χ4n) is 5.38. The lowest BCUT2D eigenvalue weighted by Gasteiger charge is -2.36. The number of rotatable bonds is 7. The Bertz CT molecular complexity index is 1240. The van der Waals surface area contributed by atoms with Crippen LogP contribution < -0.4 is 9.80 Å². The van der Waals surface area contributed by atoms with E-state index in [1.807, 2.05) is 13.8 Å². The Morgan fingerprint density at radius 1 is 1.05 bits per heavy atom. The molecule has 0 saturated carbocycles. The summed E-state index contributed by atoms with van der Waals surface area (Å²) in [6.45, 7) is 11.1. The molecule has 2 saturated heterocycles. The molecule has 1 aromatic carbocycles. The summed E-state index contributed by atoms with van der Waals surface area (Å²) in [6.07, 6.45) is 1.23. The van der Waals surface area contributed by atoms with Crippen molar-refractivity contribution in [3.8, 4) is 11.1 Å². The second-order valence-corrected chi connectivity index (χ2v) is 10.5. The molecule has 2 fully saturated rings. The van der Waals surface area contributed by atoms with Crippen LogP contribution in [0.1, 0.15) is 24.3 Å². The topological polar surface area (TPSA) is 102 Å². The SMILES string of the molecule is Cc1noc(C)c1-c1ccc2nc(N3CCN(CCN(C)C)CC3)nc(N3CCC(C(=O)O)CC3)c2c1. The minimum Gasteiger partial charge on any atom is -0.481 e. The molecule has 0 unspecified atom stereocenters. The van der Waals surface area contributed by atoms with E-state index in [4.69, 9.17) is 14.5 Å². The van der Waals surface area contributed by atoms with Crippen LogP contribution in [-0.4, -0.2) is 102 Å². The zero-order chi connectivity index (χ0) is 26.1. The Labute approximate surface area is 217 Å². The molecular weight excluding hydrogens is 470 g/mol. The number of fused-ring (bicyclic) bond motifs is 1. The van der Waals surface area contributed by atoms with Gasteiger partial charge in [-0.1, -0.05) is 11.2 Å². The summed E-state index contributed by atoms with van der Waals surface area (Å²) < 4.78 is 5.42. The van der Waals surface area contributed by atoms with Crippen molar-refractivity contribution in [2.45, 2.75) is 26.7 Å². The number of nitrogens with zero attached hydrogens (tertiary/aromatic N) is 7. The Balaban J connectivity index is 1.47. The number of carboxylic acid groups (broad SMARTS) is 1. The standard InChI is InChI=1S/C27H37N7O3/c1-18-24(19(2)37-30-18)21-5-6-23-22(17-21)25(33-9-7-20(8-10-33)26(35)36)29-27(28-23)34-15-13-32(14-16-34)12-11-31(3)4/h5-6,17,20H,7-16H2,1-4H3,(H,35,36). The van der Waals surface area contributed by atoms with Crippen molar-refractivity contribution < 1.29 is 14.4 Å². The van der Waals surface area contributed by atoms with Gasteiger partial charge < -0.3 is 24.3 Å². The van der Waals surface area contributed by atoms with Crippen LogP contribution in [0.15, 0.2) is 22.7 Å². The summed E-state index contributed by atoms with van der Waals surface area (Å²) >= 11 is 0. The van der Waals surface area contributed by atoms with Crippen molar-refractivity contribution in [2.24, 2.45) is 5.92 Å². The Morgan fingerprint density at radius 2 is 1.78 bits per heavy atom. The fourth-order valence-corrected chi connectivity index (χ4v) is 5.38. The quantitative estimate of drug-likeness (QED) is 0.514. The zero-order valence-electron chi connectivity index (χ0n) is 22.3. The van der Waals surface area contributed by atoms with Crippen molar-refractivity contribution in [1.29, 1.82) is 0 Å². The highest BCUT2D eigenvalue weighted by Gasteiger charge is 2.28. The highest BCUT2D eigenvalue weighted by atomic mass is 16.5. The molecule has 4 heterocycles. The minimum absolute atomic E-state index is 0.295. The van der Waals surface area contributed by atoms with Gasteiger partial charge in [0.25, 0.3) is 0 Å². The van der Waals surface area contributed by atoms with Gasteiger partial charge in [-0.3, -0.25) is 9.69 Å². The molecule has 0 amide bonds. The van der Waals surface area contributed by atoms with Crippen molar-refractivity contribution >= 4 is 28.6 Å². The molecule has 0 spiro atoms. The monoisotopic (exact) mass is 507 g/mol. The third kappa shape index (κ3) is 5.40.